The summed E-state index contributed by atoms with van der Waals surface area (Å²) in [5, 5.41) is 9.97. The highest BCUT2D eigenvalue weighted by molar-refractivity contribution is 5.89. The molecule has 2 rings (SSSR count). The lowest BCUT2D eigenvalue weighted by molar-refractivity contribution is -0.299. The monoisotopic (exact) mass is 490 g/mol. The van der Waals surface area contributed by atoms with Crippen LogP contribution in [0.4, 0.5) is 0 Å². The molecule has 0 bridgehead atoms. The molecule has 7 atom stereocenters. The standard InChI is InChI=1S/C26H34O9/c1-6-11-16(3)23(28)33-20-19(15-27)32-26(31-5)22(21(20)34-24(29)17(4)12-7-2)35-25(30)18-13-9-8-10-14-18/h6-10,13-14,16-17,19-22,26-27H,1-2,11-12,15H2,3-5H3/t16-,17-,19+,20+,21-,22-,26-/m0/s1. The maximum atomic E-state index is 12.9. The smallest absolute Gasteiger partial charge is 0.338 e. The van der Waals surface area contributed by atoms with Crippen LogP contribution in [0, 0.1) is 11.8 Å². The summed E-state index contributed by atoms with van der Waals surface area (Å²) in [6, 6.07) is 8.21. The Bertz CT molecular complexity index is 869. The molecule has 1 aromatic rings. The van der Waals surface area contributed by atoms with Crippen molar-refractivity contribution in [2.24, 2.45) is 11.8 Å². The highest BCUT2D eigenvalue weighted by Crippen LogP contribution is 2.31. The van der Waals surface area contributed by atoms with Crippen LogP contribution in [0.25, 0.3) is 0 Å². The first-order valence-corrected chi connectivity index (χ1v) is 11.4. The fourth-order valence-corrected chi connectivity index (χ4v) is 3.58. The van der Waals surface area contributed by atoms with Gasteiger partial charge >= 0.3 is 17.9 Å². The van der Waals surface area contributed by atoms with Crippen molar-refractivity contribution in [1.29, 1.82) is 0 Å². The second kappa shape index (κ2) is 13.8. The van der Waals surface area contributed by atoms with Gasteiger partial charge < -0.3 is 28.8 Å². The first-order chi connectivity index (χ1) is 16.8. The summed E-state index contributed by atoms with van der Waals surface area (Å²) in [5.41, 5.74) is 0.255. The second-order valence-electron chi connectivity index (χ2n) is 8.35. The largest absolute Gasteiger partial charge is 0.455 e. The van der Waals surface area contributed by atoms with Crippen LogP contribution < -0.4 is 0 Å². The van der Waals surface area contributed by atoms with Gasteiger partial charge in [0.15, 0.2) is 24.6 Å². The number of esters is 3. The fraction of sp³-hybridized carbons (Fsp3) is 0.500. The number of carbonyl (C=O) groups is 3. The van der Waals surface area contributed by atoms with Gasteiger partial charge in [-0.2, -0.15) is 0 Å². The van der Waals surface area contributed by atoms with E-state index >= 15 is 0 Å². The van der Waals surface area contributed by atoms with Gasteiger partial charge in [-0.3, -0.25) is 9.59 Å². The lowest BCUT2D eigenvalue weighted by atomic mass is 9.97. The average Bonchev–Trinajstić information content (AvgIpc) is 2.86. The van der Waals surface area contributed by atoms with Crippen molar-refractivity contribution in [2.45, 2.75) is 57.4 Å². The van der Waals surface area contributed by atoms with E-state index in [2.05, 4.69) is 13.2 Å². The zero-order valence-electron chi connectivity index (χ0n) is 20.3. The van der Waals surface area contributed by atoms with E-state index in [-0.39, 0.29) is 5.56 Å². The van der Waals surface area contributed by atoms with Crippen molar-refractivity contribution in [3.8, 4) is 0 Å². The second-order valence-corrected chi connectivity index (χ2v) is 8.35. The minimum atomic E-state index is -1.31. The number of benzene rings is 1. The van der Waals surface area contributed by atoms with Gasteiger partial charge in [0.25, 0.3) is 0 Å². The Kier molecular flexibility index (Phi) is 11.1. The molecule has 1 N–H and O–H groups in total. The van der Waals surface area contributed by atoms with Gasteiger partial charge in [-0.05, 0) is 25.0 Å². The molecule has 0 aliphatic carbocycles. The summed E-state index contributed by atoms with van der Waals surface area (Å²) in [5.74, 6) is -3.06. The molecule has 1 fully saturated rings. The summed E-state index contributed by atoms with van der Waals surface area (Å²) in [4.78, 5) is 38.4. The fourth-order valence-electron chi connectivity index (χ4n) is 3.58. The van der Waals surface area contributed by atoms with Gasteiger partial charge in [-0.25, -0.2) is 4.79 Å². The average molecular weight is 491 g/mol. The minimum absolute atomic E-state index is 0.255. The van der Waals surface area contributed by atoms with E-state index in [1.807, 2.05) is 0 Å². The predicted octanol–water partition coefficient (Wildman–Crippen LogP) is 2.82. The third-order valence-electron chi connectivity index (χ3n) is 5.61. The zero-order chi connectivity index (χ0) is 26.0. The van der Waals surface area contributed by atoms with E-state index in [0.717, 1.165) is 0 Å². The number of carbonyl (C=O) groups excluding carboxylic acids is 3. The summed E-state index contributed by atoms with van der Waals surface area (Å²) < 4.78 is 28.2. The minimum Gasteiger partial charge on any atom is -0.455 e. The maximum absolute atomic E-state index is 12.9. The van der Waals surface area contributed by atoms with Crippen LogP contribution in [-0.2, 0) is 33.3 Å². The van der Waals surface area contributed by atoms with E-state index in [1.54, 1.807) is 56.3 Å². The maximum Gasteiger partial charge on any atom is 0.338 e. The van der Waals surface area contributed by atoms with Gasteiger partial charge in [-0.1, -0.05) is 44.2 Å². The topological polar surface area (TPSA) is 118 Å². The molecule has 0 spiro atoms. The first-order valence-electron chi connectivity index (χ1n) is 11.4. The number of aliphatic hydroxyl groups excluding tert-OH is 1. The lowest BCUT2D eigenvalue weighted by Crippen LogP contribution is -2.63. The summed E-state index contributed by atoms with van der Waals surface area (Å²) >= 11 is 0. The van der Waals surface area contributed by atoms with Crippen molar-refractivity contribution in [1.82, 2.24) is 0 Å². The van der Waals surface area contributed by atoms with Crippen LogP contribution in [-0.4, -0.2) is 67.4 Å². The molecule has 192 valence electrons. The Morgan fingerprint density at radius 3 is 1.97 bits per heavy atom. The van der Waals surface area contributed by atoms with E-state index in [0.29, 0.717) is 12.8 Å². The predicted molar refractivity (Wildman–Crippen MR) is 126 cm³/mol. The summed E-state index contributed by atoms with van der Waals surface area (Å²) in [7, 11) is 1.32. The normalized spacial score (nSPS) is 25.5. The molecule has 35 heavy (non-hydrogen) atoms. The van der Waals surface area contributed by atoms with Crippen LogP contribution >= 0.6 is 0 Å². The third kappa shape index (κ3) is 7.48. The van der Waals surface area contributed by atoms with Gasteiger partial charge in [0.2, 0.25) is 0 Å². The van der Waals surface area contributed by atoms with Gasteiger partial charge in [-0.15, -0.1) is 13.2 Å². The number of aliphatic hydroxyl groups is 1. The van der Waals surface area contributed by atoms with Crippen LogP contribution in [0.5, 0.6) is 0 Å². The molecule has 1 aliphatic heterocycles. The quantitative estimate of drug-likeness (QED) is 0.268. The van der Waals surface area contributed by atoms with E-state index in [9.17, 15) is 19.5 Å². The lowest BCUT2D eigenvalue weighted by Gasteiger charge is -2.44. The van der Waals surface area contributed by atoms with Crippen LogP contribution in [0.15, 0.2) is 55.6 Å². The number of allylic oxidation sites excluding steroid dienone is 2. The number of rotatable bonds is 12. The Morgan fingerprint density at radius 1 is 0.943 bits per heavy atom. The van der Waals surface area contributed by atoms with Crippen molar-refractivity contribution >= 4 is 17.9 Å². The molecule has 0 radical (unpaired) electrons. The Hall–Kier alpha value is -3.01. The molecule has 9 nitrogen and oxygen atoms in total. The molecule has 0 amide bonds. The molecular formula is C26H34O9. The van der Waals surface area contributed by atoms with E-state index in [1.165, 1.54) is 7.11 Å². The molecule has 1 aliphatic rings. The van der Waals surface area contributed by atoms with Crippen molar-refractivity contribution in [3.05, 3.63) is 61.2 Å². The summed E-state index contributed by atoms with van der Waals surface area (Å²) in [6.45, 7) is 9.99. The Labute approximate surface area is 205 Å². The number of hydrogen-bond acceptors (Lipinski definition) is 9. The summed E-state index contributed by atoms with van der Waals surface area (Å²) in [6.07, 6.45) is -2.32. The van der Waals surface area contributed by atoms with Crippen LogP contribution in [0.3, 0.4) is 0 Å². The molecule has 0 saturated carbocycles. The number of hydrogen-bond donors (Lipinski definition) is 1. The zero-order valence-corrected chi connectivity index (χ0v) is 20.3. The van der Waals surface area contributed by atoms with Crippen molar-refractivity contribution < 1.29 is 43.2 Å². The van der Waals surface area contributed by atoms with Gasteiger partial charge in [0.1, 0.15) is 6.10 Å². The van der Waals surface area contributed by atoms with E-state index < -0.39 is 67.1 Å². The highest BCUT2D eigenvalue weighted by atomic mass is 16.7. The highest BCUT2D eigenvalue weighted by Gasteiger charge is 2.53. The molecule has 1 heterocycles. The Morgan fingerprint density at radius 2 is 1.49 bits per heavy atom. The van der Waals surface area contributed by atoms with E-state index in [4.69, 9.17) is 23.7 Å². The van der Waals surface area contributed by atoms with Gasteiger partial charge in [0.05, 0.1) is 24.0 Å². The van der Waals surface area contributed by atoms with Gasteiger partial charge in [0, 0.05) is 7.11 Å². The van der Waals surface area contributed by atoms with Crippen LogP contribution in [0.1, 0.15) is 37.0 Å². The van der Waals surface area contributed by atoms with Crippen molar-refractivity contribution in [3.63, 3.8) is 0 Å². The Balaban J connectivity index is 2.43. The molecule has 0 unspecified atom stereocenters. The van der Waals surface area contributed by atoms with Crippen molar-refractivity contribution in [2.75, 3.05) is 13.7 Å². The third-order valence-corrected chi connectivity index (χ3v) is 5.61. The SMILES string of the molecule is C=CC[C@H](C)C(=O)O[C@@H]1[C@H](OC(=O)c2ccccc2)[C@@H](OC)O[C@H](CO)[C@H]1OC(=O)[C@@H](C)CC=C. The first kappa shape index (κ1) is 28.2. The molecular weight excluding hydrogens is 456 g/mol. The molecule has 9 heteroatoms. The molecule has 1 saturated heterocycles. The molecule has 1 aromatic carbocycles. The number of ether oxygens (including phenoxy) is 5. The number of methoxy groups -OCH3 is 1. The molecule has 0 aromatic heterocycles. The van der Waals surface area contributed by atoms with Crippen LogP contribution in [0.2, 0.25) is 0 Å².